The van der Waals surface area contributed by atoms with Crippen molar-refractivity contribution in [1.29, 1.82) is 0 Å². The molecule has 8 heteroatoms. The van der Waals surface area contributed by atoms with Gasteiger partial charge in [-0.3, -0.25) is 0 Å². The molecule has 0 saturated carbocycles. The van der Waals surface area contributed by atoms with E-state index in [4.69, 9.17) is 14.2 Å². The molecule has 0 fully saturated rings. The lowest BCUT2D eigenvalue weighted by molar-refractivity contribution is -0.146. The van der Waals surface area contributed by atoms with Crippen LogP contribution in [0.15, 0.2) is 30.3 Å². The van der Waals surface area contributed by atoms with Crippen molar-refractivity contribution >= 4 is 18.2 Å². The van der Waals surface area contributed by atoms with Crippen molar-refractivity contribution in [3.05, 3.63) is 35.9 Å². The molecule has 0 heterocycles. The number of esters is 1. The van der Waals surface area contributed by atoms with Gasteiger partial charge >= 0.3 is 18.2 Å². The van der Waals surface area contributed by atoms with Crippen molar-refractivity contribution in [3.63, 3.8) is 0 Å². The van der Waals surface area contributed by atoms with Crippen molar-refractivity contribution in [1.82, 2.24) is 10.6 Å². The standard InChI is InChI=1S/C21H32N2O6/c1-20(2,3)28-18(25)22-12-13-27-17(24)16(14-15-10-8-7-9-11-15)23-19(26)29-21(4,5)6/h7-11,16H,12-14H2,1-6H3,(H,22,25)(H,23,26)/t16-/m0/s1. The third-order valence-corrected chi connectivity index (χ3v) is 3.27. The zero-order valence-electron chi connectivity index (χ0n) is 18.0. The van der Waals surface area contributed by atoms with Crippen LogP contribution in [0.4, 0.5) is 9.59 Å². The molecule has 1 aromatic rings. The first-order valence-electron chi connectivity index (χ1n) is 9.53. The average Bonchev–Trinajstić information content (AvgIpc) is 2.55. The number of rotatable bonds is 7. The second-order valence-electron chi connectivity index (χ2n) is 8.48. The quantitative estimate of drug-likeness (QED) is 0.408. The van der Waals surface area contributed by atoms with Crippen LogP contribution in [-0.2, 0) is 25.4 Å². The molecule has 29 heavy (non-hydrogen) atoms. The highest BCUT2D eigenvalue weighted by molar-refractivity contribution is 5.81. The summed E-state index contributed by atoms with van der Waals surface area (Å²) in [4.78, 5) is 36.2. The van der Waals surface area contributed by atoms with Gasteiger partial charge in [-0.05, 0) is 47.1 Å². The Balaban J connectivity index is 2.61. The van der Waals surface area contributed by atoms with Crippen LogP contribution in [0.5, 0.6) is 0 Å². The van der Waals surface area contributed by atoms with Gasteiger partial charge in [0.25, 0.3) is 0 Å². The maximum absolute atomic E-state index is 12.5. The van der Waals surface area contributed by atoms with Crippen molar-refractivity contribution in [2.24, 2.45) is 0 Å². The minimum absolute atomic E-state index is 0.0562. The lowest BCUT2D eigenvalue weighted by Gasteiger charge is -2.23. The average molecular weight is 408 g/mol. The summed E-state index contributed by atoms with van der Waals surface area (Å²) in [5.74, 6) is -0.620. The van der Waals surface area contributed by atoms with Gasteiger partial charge in [0.05, 0.1) is 6.54 Å². The second kappa shape index (κ2) is 10.7. The Kier molecular flexibility index (Phi) is 8.94. The van der Waals surface area contributed by atoms with Crippen LogP contribution in [0.25, 0.3) is 0 Å². The van der Waals surface area contributed by atoms with Gasteiger partial charge < -0.3 is 24.8 Å². The van der Waals surface area contributed by atoms with E-state index in [1.165, 1.54) is 0 Å². The molecule has 1 rings (SSSR count). The number of amides is 2. The maximum atomic E-state index is 12.5. The molecule has 0 radical (unpaired) electrons. The van der Waals surface area contributed by atoms with E-state index >= 15 is 0 Å². The Hall–Kier alpha value is -2.77. The van der Waals surface area contributed by atoms with Gasteiger partial charge in [0.1, 0.15) is 23.9 Å². The molecule has 0 aromatic heterocycles. The highest BCUT2D eigenvalue weighted by atomic mass is 16.6. The fourth-order valence-electron chi connectivity index (χ4n) is 2.21. The molecule has 8 nitrogen and oxygen atoms in total. The van der Waals surface area contributed by atoms with Crippen LogP contribution in [0.1, 0.15) is 47.1 Å². The summed E-state index contributed by atoms with van der Waals surface area (Å²) in [7, 11) is 0. The van der Waals surface area contributed by atoms with Gasteiger partial charge in [0.2, 0.25) is 0 Å². The predicted octanol–water partition coefficient (Wildman–Crippen LogP) is 3.19. The molecule has 0 bridgehead atoms. The van der Waals surface area contributed by atoms with Crippen molar-refractivity contribution in [2.45, 2.75) is 65.2 Å². The van der Waals surface area contributed by atoms with Crippen LogP contribution in [0, 0.1) is 0 Å². The lowest BCUT2D eigenvalue weighted by atomic mass is 10.1. The number of benzene rings is 1. The van der Waals surface area contributed by atoms with Gasteiger partial charge in [-0.15, -0.1) is 0 Å². The van der Waals surface area contributed by atoms with Gasteiger partial charge in [0, 0.05) is 6.42 Å². The van der Waals surface area contributed by atoms with E-state index in [0.29, 0.717) is 0 Å². The molecule has 1 atom stereocenters. The van der Waals surface area contributed by atoms with Crippen LogP contribution in [0.2, 0.25) is 0 Å². The molecule has 2 N–H and O–H groups in total. The van der Waals surface area contributed by atoms with Gasteiger partial charge in [0.15, 0.2) is 0 Å². The molecule has 0 saturated heterocycles. The lowest BCUT2D eigenvalue weighted by Crippen LogP contribution is -2.46. The molecule has 1 aromatic carbocycles. The third kappa shape index (κ3) is 11.6. The Morgan fingerprint density at radius 3 is 2.00 bits per heavy atom. The smallest absolute Gasteiger partial charge is 0.408 e. The van der Waals surface area contributed by atoms with E-state index in [1.54, 1.807) is 41.5 Å². The zero-order chi connectivity index (χ0) is 22.1. The molecule has 0 unspecified atom stereocenters. The second-order valence-corrected chi connectivity index (χ2v) is 8.48. The highest BCUT2D eigenvalue weighted by Gasteiger charge is 2.26. The summed E-state index contributed by atoms with van der Waals surface area (Å²) in [5, 5.41) is 5.06. The van der Waals surface area contributed by atoms with E-state index in [2.05, 4.69) is 10.6 Å². The van der Waals surface area contributed by atoms with E-state index in [0.717, 1.165) is 5.56 Å². The molecule has 0 aliphatic carbocycles. The summed E-state index contributed by atoms with van der Waals surface area (Å²) in [5.41, 5.74) is -0.445. The van der Waals surface area contributed by atoms with Crippen LogP contribution < -0.4 is 10.6 Å². The summed E-state index contributed by atoms with van der Waals surface area (Å²) in [6.07, 6.45) is -1.05. The van der Waals surface area contributed by atoms with Crippen molar-refractivity contribution < 1.29 is 28.6 Å². The van der Waals surface area contributed by atoms with Crippen LogP contribution >= 0.6 is 0 Å². The number of hydrogen-bond acceptors (Lipinski definition) is 6. The molecule has 0 aliphatic rings. The molecular formula is C21H32N2O6. The summed E-state index contributed by atoms with van der Waals surface area (Å²) in [6.45, 7) is 10.5. The fourth-order valence-corrected chi connectivity index (χ4v) is 2.21. The topological polar surface area (TPSA) is 103 Å². The largest absolute Gasteiger partial charge is 0.462 e. The third-order valence-electron chi connectivity index (χ3n) is 3.27. The van der Waals surface area contributed by atoms with E-state index in [1.807, 2.05) is 30.3 Å². The number of hydrogen-bond donors (Lipinski definition) is 2. The van der Waals surface area contributed by atoms with Gasteiger partial charge in [-0.1, -0.05) is 30.3 Å². The number of carbonyl (C=O) groups is 3. The van der Waals surface area contributed by atoms with E-state index < -0.39 is 35.4 Å². The molecule has 0 spiro atoms. The molecular weight excluding hydrogens is 376 g/mol. The van der Waals surface area contributed by atoms with Crippen molar-refractivity contribution in [2.75, 3.05) is 13.2 Å². The Labute approximate surface area is 172 Å². The minimum atomic E-state index is -0.922. The maximum Gasteiger partial charge on any atom is 0.408 e. The van der Waals surface area contributed by atoms with Gasteiger partial charge in [-0.2, -0.15) is 0 Å². The predicted molar refractivity (Wildman–Crippen MR) is 108 cm³/mol. The fraction of sp³-hybridized carbons (Fsp3) is 0.571. The molecule has 2 amide bonds. The first kappa shape index (κ1) is 24.3. The summed E-state index contributed by atoms with van der Waals surface area (Å²) < 4.78 is 15.5. The number of carbonyl (C=O) groups excluding carboxylic acids is 3. The van der Waals surface area contributed by atoms with Crippen molar-refractivity contribution in [3.8, 4) is 0 Å². The van der Waals surface area contributed by atoms with Crippen LogP contribution in [0.3, 0.4) is 0 Å². The Bertz CT molecular complexity index is 677. The first-order chi connectivity index (χ1) is 13.4. The number of alkyl carbamates (subject to hydrolysis) is 2. The zero-order valence-corrected chi connectivity index (χ0v) is 18.0. The summed E-state index contributed by atoms with van der Waals surface area (Å²) >= 11 is 0. The molecule has 162 valence electrons. The summed E-state index contributed by atoms with van der Waals surface area (Å²) in [6, 6.07) is 8.32. The Morgan fingerprint density at radius 2 is 1.45 bits per heavy atom. The SMILES string of the molecule is CC(C)(C)OC(=O)NCCOC(=O)[C@H](Cc1ccccc1)NC(=O)OC(C)(C)C. The Morgan fingerprint density at radius 1 is 0.897 bits per heavy atom. The monoisotopic (exact) mass is 408 g/mol. The first-order valence-corrected chi connectivity index (χ1v) is 9.53. The van der Waals surface area contributed by atoms with E-state index in [9.17, 15) is 14.4 Å². The normalized spacial score (nSPS) is 12.5. The van der Waals surface area contributed by atoms with Crippen LogP contribution in [-0.4, -0.2) is 48.6 Å². The van der Waals surface area contributed by atoms with E-state index in [-0.39, 0.29) is 19.6 Å². The number of ether oxygens (including phenoxy) is 3. The number of nitrogens with one attached hydrogen (secondary N) is 2. The molecule has 0 aliphatic heterocycles. The van der Waals surface area contributed by atoms with Gasteiger partial charge in [-0.25, -0.2) is 14.4 Å². The highest BCUT2D eigenvalue weighted by Crippen LogP contribution is 2.09. The minimum Gasteiger partial charge on any atom is -0.462 e.